The molecule has 2 aromatic carbocycles. The predicted octanol–water partition coefficient (Wildman–Crippen LogP) is 2.16. The van der Waals surface area contributed by atoms with Crippen molar-refractivity contribution < 1.29 is 19.1 Å². The van der Waals surface area contributed by atoms with Gasteiger partial charge in [0.15, 0.2) is 11.5 Å². The number of rotatable bonds is 6. The van der Waals surface area contributed by atoms with E-state index in [4.69, 9.17) is 9.47 Å². The van der Waals surface area contributed by atoms with Gasteiger partial charge in [0.25, 0.3) is 11.5 Å². The first-order chi connectivity index (χ1) is 15.4. The summed E-state index contributed by atoms with van der Waals surface area (Å²) in [4.78, 5) is 37.0. The molecule has 1 aliphatic heterocycles. The fourth-order valence-corrected chi connectivity index (χ4v) is 3.14. The molecule has 0 unspecified atom stereocenters. The Kier molecular flexibility index (Phi) is 5.89. The zero-order valence-corrected chi connectivity index (χ0v) is 17.7. The van der Waals surface area contributed by atoms with Crippen LogP contribution in [0.4, 0.5) is 5.69 Å². The van der Waals surface area contributed by atoms with Gasteiger partial charge < -0.3 is 20.1 Å². The van der Waals surface area contributed by atoms with Crippen molar-refractivity contribution in [2.45, 2.75) is 26.9 Å². The number of carbonyl (C=O) groups is 2. The molecule has 4 rings (SSSR count). The van der Waals surface area contributed by atoms with Crippen molar-refractivity contribution in [3.8, 4) is 11.5 Å². The molecule has 2 amide bonds. The van der Waals surface area contributed by atoms with E-state index in [2.05, 4.69) is 15.7 Å². The predicted molar refractivity (Wildman–Crippen MR) is 117 cm³/mol. The van der Waals surface area contributed by atoms with Crippen LogP contribution >= 0.6 is 0 Å². The molecule has 1 aromatic heterocycles. The number of nitrogens with zero attached hydrogens (tertiary/aromatic N) is 2. The van der Waals surface area contributed by atoms with Gasteiger partial charge in [0, 0.05) is 18.3 Å². The highest BCUT2D eigenvalue weighted by Gasteiger charge is 2.15. The van der Waals surface area contributed by atoms with Gasteiger partial charge in [0.05, 0.1) is 0 Å². The first-order valence-electron chi connectivity index (χ1n) is 10.0. The van der Waals surface area contributed by atoms with Crippen molar-refractivity contribution >= 4 is 17.5 Å². The minimum atomic E-state index is -0.481. The highest BCUT2D eigenvalue weighted by molar-refractivity contribution is 6.02. The van der Waals surface area contributed by atoms with Gasteiger partial charge in [-0.05, 0) is 60.9 Å². The highest BCUT2D eigenvalue weighted by atomic mass is 16.7. The smallest absolute Gasteiger partial charge is 0.276 e. The van der Waals surface area contributed by atoms with Gasteiger partial charge in [-0.3, -0.25) is 14.4 Å². The molecule has 0 radical (unpaired) electrons. The van der Waals surface area contributed by atoms with Gasteiger partial charge in [-0.15, -0.1) is 0 Å². The highest BCUT2D eigenvalue weighted by Crippen LogP contribution is 2.32. The maximum absolute atomic E-state index is 12.6. The SMILES string of the molecule is Cc1ccc(NC(=O)c2ccc(=O)n(CC(=O)NCc3ccc4c(c3)OCO4)n2)cc1C. The molecule has 9 heteroatoms. The number of fused-ring (bicyclic) bond motifs is 1. The minimum absolute atomic E-state index is 0.0337. The summed E-state index contributed by atoms with van der Waals surface area (Å²) in [6.07, 6.45) is 0. The van der Waals surface area contributed by atoms with E-state index in [0.29, 0.717) is 17.2 Å². The van der Waals surface area contributed by atoms with Gasteiger partial charge in [0.2, 0.25) is 12.7 Å². The Morgan fingerprint density at radius 2 is 1.81 bits per heavy atom. The topological polar surface area (TPSA) is 112 Å². The summed E-state index contributed by atoms with van der Waals surface area (Å²) in [7, 11) is 0. The normalized spacial score (nSPS) is 11.8. The number of anilines is 1. The second kappa shape index (κ2) is 8.93. The lowest BCUT2D eigenvalue weighted by molar-refractivity contribution is -0.122. The van der Waals surface area contributed by atoms with Gasteiger partial charge in [-0.1, -0.05) is 12.1 Å². The molecule has 0 aliphatic carbocycles. The molecule has 164 valence electrons. The average Bonchev–Trinajstić information content (AvgIpc) is 3.24. The molecular weight excluding hydrogens is 412 g/mol. The van der Waals surface area contributed by atoms with Crippen LogP contribution in [0, 0.1) is 13.8 Å². The van der Waals surface area contributed by atoms with E-state index < -0.39 is 17.4 Å². The second-order valence-corrected chi connectivity index (χ2v) is 7.43. The number of nitrogens with one attached hydrogen (secondary N) is 2. The van der Waals surface area contributed by atoms with Crippen LogP contribution in [0.2, 0.25) is 0 Å². The molecule has 0 spiro atoms. The molecule has 1 aliphatic rings. The molecule has 32 heavy (non-hydrogen) atoms. The van der Waals surface area contributed by atoms with E-state index in [-0.39, 0.29) is 25.6 Å². The summed E-state index contributed by atoms with van der Waals surface area (Å²) < 4.78 is 11.5. The molecule has 0 fully saturated rings. The van der Waals surface area contributed by atoms with Crippen molar-refractivity contribution in [3.05, 3.63) is 81.3 Å². The first-order valence-corrected chi connectivity index (χ1v) is 10.0. The van der Waals surface area contributed by atoms with Crippen LogP contribution in [0.15, 0.2) is 53.3 Å². The second-order valence-electron chi connectivity index (χ2n) is 7.43. The van der Waals surface area contributed by atoms with Gasteiger partial charge in [-0.25, -0.2) is 4.68 Å². The van der Waals surface area contributed by atoms with Crippen LogP contribution in [0.3, 0.4) is 0 Å². The number of amides is 2. The fourth-order valence-electron chi connectivity index (χ4n) is 3.14. The minimum Gasteiger partial charge on any atom is -0.454 e. The van der Waals surface area contributed by atoms with Gasteiger partial charge in [-0.2, -0.15) is 5.10 Å². The third kappa shape index (κ3) is 4.77. The van der Waals surface area contributed by atoms with Gasteiger partial charge >= 0.3 is 0 Å². The third-order valence-electron chi connectivity index (χ3n) is 5.08. The molecule has 0 saturated carbocycles. The van der Waals surface area contributed by atoms with E-state index >= 15 is 0 Å². The monoisotopic (exact) mass is 434 g/mol. The van der Waals surface area contributed by atoms with E-state index in [1.807, 2.05) is 32.0 Å². The van der Waals surface area contributed by atoms with Crippen LogP contribution in [-0.2, 0) is 17.9 Å². The number of hydrogen-bond acceptors (Lipinski definition) is 6. The number of hydrogen-bond donors (Lipinski definition) is 2. The lowest BCUT2D eigenvalue weighted by Crippen LogP contribution is -2.34. The Hall–Kier alpha value is -4.14. The summed E-state index contributed by atoms with van der Waals surface area (Å²) >= 11 is 0. The van der Waals surface area contributed by atoms with Crippen LogP contribution in [0.5, 0.6) is 11.5 Å². The summed E-state index contributed by atoms with van der Waals surface area (Å²) in [6.45, 7) is 4.04. The van der Waals surface area contributed by atoms with E-state index in [1.54, 1.807) is 18.2 Å². The quantitative estimate of drug-likeness (QED) is 0.615. The van der Waals surface area contributed by atoms with Crippen molar-refractivity contribution in [2.24, 2.45) is 0 Å². The molecule has 2 N–H and O–H groups in total. The van der Waals surface area contributed by atoms with Crippen LogP contribution < -0.4 is 25.7 Å². The van der Waals surface area contributed by atoms with Crippen molar-refractivity contribution in [2.75, 3.05) is 12.1 Å². The zero-order chi connectivity index (χ0) is 22.7. The summed E-state index contributed by atoms with van der Waals surface area (Å²) in [5.74, 6) is 0.399. The molecule has 0 bridgehead atoms. The van der Waals surface area contributed by atoms with Crippen LogP contribution in [0.1, 0.15) is 27.2 Å². The third-order valence-corrected chi connectivity index (χ3v) is 5.08. The lowest BCUT2D eigenvalue weighted by Gasteiger charge is -2.10. The molecular formula is C23H22N4O5. The number of ether oxygens (including phenoxy) is 2. The average molecular weight is 434 g/mol. The molecule has 0 atom stereocenters. The van der Waals surface area contributed by atoms with E-state index in [0.717, 1.165) is 21.4 Å². The number of aryl methyl sites for hydroxylation is 2. The molecule has 2 heterocycles. The summed E-state index contributed by atoms with van der Waals surface area (Å²) in [5.41, 5.74) is 3.15. The maximum Gasteiger partial charge on any atom is 0.276 e. The Labute approximate surface area is 184 Å². The maximum atomic E-state index is 12.6. The Balaban J connectivity index is 1.39. The van der Waals surface area contributed by atoms with Crippen LogP contribution in [-0.4, -0.2) is 28.4 Å². The Morgan fingerprint density at radius 1 is 1.00 bits per heavy atom. The van der Waals surface area contributed by atoms with Crippen molar-refractivity contribution in [1.82, 2.24) is 15.1 Å². The standard InChI is InChI=1S/C23H22N4O5/c1-14-3-5-17(9-15(14)2)25-23(30)18-6-8-22(29)27(26-18)12-21(28)24-11-16-4-7-19-20(10-16)32-13-31-19/h3-10H,11-13H2,1-2H3,(H,24,28)(H,25,30). The number of carbonyl (C=O) groups excluding carboxylic acids is 2. The van der Waals surface area contributed by atoms with Crippen molar-refractivity contribution in [1.29, 1.82) is 0 Å². The first kappa shape index (κ1) is 21.1. The van der Waals surface area contributed by atoms with Crippen molar-refractivity contribution in [3.63, 3.8) is 0 Å². The van der Waals surface area contributed by atoms with E-state index in [1.165, 1.54) is 12.1 Å². The number of benzene rings is 2. The summed E-state index contributed by atoms with van der Waals surface area (Å²) in [6, 6.07) is 13.5. The summed E-state index contributed by atoms with van der Waals surface area (Å²) in [5, 5.41) is 9.53. The zero-order valence-electron chi connectivity index (χ0n) is 17.7. The molecule has 3 aromatic rings. The molecule has 9 nitrogen and oxygen atoms in total. The largest absolute Gasteiger partial charge is 0.454 e. The van der Waals surface area contributed by atoms with E-state index in [9.17, 15) is 14.4 Å². The fraction of sp³-hybridized carbons (Fsp3) is 0.217. The lowest BCUT2D eigenvalue weighted by atomic mass is 10.1. The molecule has 0 saturated heterocycles. The van der Waals surface area contributed by atoms with Crippen LogP contribution in [0.25, 0.3) is 0 Å². The van der Waals surface area contributed by atoms with Gasteiger partial charge in [0.1, 0.15) is 12.2 Å². The number of aromatic nitrogens is 2. The Morgan fingerprint density at radius 3 is 2.62 bits per heavy atom. The Bertz CT molecular complexity index is 1250.